The molecule has 0 saturated carbocycles. The maximum absolute atomic E-state index is 12.8. The van der Waals surface area contributed by atoms with Crippen LogP contribution in [-0.2, 0) is 17.8 Å². The van der Waals surface area contributed by atoms with Gasteiger partial charge in [0, 0.05) is 24.3 Å². The smallest absolute Gasteiger partial charge is 0.263 e. The Morgan fingerprint density at radius 2 is 1.62 bits per heavy atom. The average molecular weight is 459 g/mol. The van der Waals surface area contributed by atoms with Crippen LogP contribution in [0.2, 0.25) is 0 Å². The Morgan fingerprint density at radius 3 is 2.29 bits per heavy atom. The molecule has 0 unspecified atom stereocenters. The number of nitrogens with one attached hydrogen (secondary N) is 1. The van der Waals surface area contributed by atoms with Crippen molar-refractivity contribution in [2.75, 3.05) is 25.0 Å². The van der Waals surface area contributed by atoms with Gasteiger partial charge in [-0.25, -0.2) is 0 Å². The summed E-state index contributed by atoms with van der Waals surface area (Å²) in [6, 6.07) is 20.6. The van der Waals surface area contributed by atoms with Gasteiger partial charge >= 0.3 is 0 Å². The first-order chi connectivity index (χ1) is 16.5. The van der Waals surface area contributed by atoms with Gasteiger partial charge in [0.2, 0.25) is 5.91 Å². The number of primary amides is 1. The van der Waals surface area contributed by atoms with Crippen LogP contribution >= 0.6 is 0 Å². The van der Waals surface area contributed by atoms with Gasteiger partial charge < -0.3 is 20.5 Å². The number of carbonyl (C=O) groups excluding carboxylic acids is 2. The Kier molecular flexibility index (Phi) is 7.54. The van der Waals surface area contributed by atoms with E-state index in [1.165, 1.54) is 5.56 Å². The summed E-state index contributed by atoms with van der Waals surface area (Å²) in [7, 11) is 0. The second-order valence-electron chi connectivity index (χ2n) is 8.76. The summed E-state index contributed by atoms with van der Waals surface area (Å²) in [5.74, 6) is -0.605. The van der Waals surface area contributed by atoms with Crippen LogP contribution in [0.5, 0.6) is 0 Å². The Balaban J connectivity index is 1.32. The number of hydrogen-bond donors (Lipinski definition) is 2. The van der Waals surface area contributed by atoms with Gasteiger partial charge in [-0.3, -0.25) is 14.4 Å². The lowest BCUT2D eigenvalue weighted by Crippen LogP contribution is -2.39. The summed E-state index contributed by atoms with van der Waals surface area (Å²) in [5.41, 5.74) is 8.01. The van der Waals surface area contributed by atoms with Crippen molar-refractivity contribution < 1.29 is 9.59 Å². The fraction of sp³-hybridized carbons (Fsp3) is 0.296. The monoisotopic (exact) mass is 458 g/mol. The third kappa shape index (κ3) is 5.99. The minimum absolute atomic E-state index is 0.00575. The number of nitrogens with zero attached hydrogens (tertiary/aromatic N) is 2. The van der Waals surface area contributed by atoms with E-state index in [-0.39, 0.29) is 22.9 Å². The summed E-state index contributed by atoms with van der Waals surface area (Å²) in [4.78, 5) is 39.2. The number of amides is 2. The number of carbonyl (C=O) groups is 2. The summed E-state index contributed by atoms with van der Waals surface area (Å²) >= 11 is 0. The molecule has 1 aromatic heterocycles. The van der Waals surface area contributed by atoms with Crippen LogP contribution in [0.4, 0.5) is 5.69 Å². The molecule has 0 radical (unpaired) electrons. The number of nitrogens with two attached hydrogens (primary N) is 1. The third-order valence-corrected chi connectivity index (χ3v) is 6.38. The Morgan fingerprint density at radius 1 is 0.912 bits per heavy atom. The minimum atomic E-state index is -0.419. The Labute approximate surface area is 199 Å². The van der Waals surface area contributed by atoms with Crippen molar-refractivity contribution in [2.45, 2.75) is 25.8 Å². The number of piperidine rings is 1. The summed E-state index contributed by atoms with van der Waals surface area (Å²) in [6.45, 7) is 3.11. The fourth-order valence-corrected chi connectivity index (χ4v) is 4.30. The standard InChI is InChI=1S/C27H30N4O3/c28-25(32)22-13-17-30(18-14-22)16-12-20-8-10-23(11-9-20)29-26(33)24-7-4-15-31(27(24)34)19-21-5-2-1-3-6-21/h1-11,15,22H,12-14,16-19H2,(H2,28,32)(H,29,33). The summed E-state index contributed by atoms with van der Waals surface area (Å²) < 4.78 is 1.54. The van der Waals surface area contributed by atoms with Crippen molar-refractivity contribution in [1.29, 1.82) is 0 Å². The summed E-state index contributed by atoms with van der Waals surface area (Å²) in [6.07, 6.45) is 4.23. The number of rotatable bonds is 8. The highest BCUT2D eigenvalue weighted by Crippen LogP contribution is 2.17. The molecule has 34 heavy (non-hydrogen) atoms. The first kappa shape index (κ1) is 23.4. The average Bonchev–Trinajstić information content (AvgIpc) is 2.86. The third-order valence-electron chi connectivity index (χ3n) is 6.38. The lowest BCUT2D eigenvalue weighted by atomic mass is 9.96. The molecular formula is C27H30N4O3. The molecule has 0 bridgehead atoms. The van der Waals surface area contributed by atoms with Crippen molar-refractivity contribution in [3.8, 4) is 0 Å². The molecule has 2 heterocycles. The van der Waals surface area contributed by atoms with Crippen LogP contribution in [0.25, 0.3) is 0 Å². The van der Waals surface area contributed by atoms with Gasteiger partial charge in [-0.15, -0.1) is 0 Å². The number of hydrogen-bond acceptors (Lipinski definition) is 4. The number of benzene rings is 2. The van der Waals surface area contributed by atoms with Gasteiger partial charge in [-0.2, -0.15) is 0 Å². The molecular weight excluding hydrogens is 428 g/mol. The second kappa shape index (κ2) is 10.9. The van der Waals surface area contributed by atoms with Crippen molar-refractivity contribution in [1.82, 2.24) is 9.47 Å². The molecule has 7 nitrogen and oxygen atoms in total. The minimum Gasteiger partial charge on any atom is -0.369 e. The molecule has 7 heteroatoms. The molecule has 176 valence electrons. The highest BCUT2D eigenvalue weighted by Gasteiger charge is 2.22. The Hall–Kier alpha value is -3.71. The molecule has 2 amide bonds. The zero-order valence-corrected chi connectivity index (χ0v) is 19.2. The molecule has 4 rings (SSSR count). The van der Waals surface area contributed by atoms with Gasteiger partial charge in [0.05, 0.1) is 6.54 Å². The topological polar surface area (TPSA) is 97.4 Å². The first-order valence-corrected chi connectivity index (χ1v) is 11.6. The van der Waals surface area contributed by atoms with E-state index in [0.717, 1.165) is 44.5 Å². The SMILES string of the molecule is NC(=O)C1CCN(CCc2ccc(NC(=O)c3cccn(Cc4ccccc4)c3=O)cc2)CC1. The molecule has 0 spiro atoms. The highest BCUT2D eigenvalue weighted by atomic mass is 16.2. The van der Waals surface area contributed by atoms with E-state index in [2.05, 4.69) is 10.2 Å². The maximum Gasteiger partial charge on any atom is 0.263 e. The predicted octanol–water partition coefficient (Wildman–Crippen LogP) is 2.89. The maximum atomic E-state index is 12.8. The summed E-state index contributed by atoms with van der Waals surface area (Å²) in [5, 5.41) is 2.83. The molecule has 1 saturated heterocycles. The normalized spacial score (nSPS) is 14.6. The lowest BCUT2D eigenvalue weighted by Gasteiger charge is -2.30. The molecule has 3 aromatic rings. The van der Waals surface area contributed by atoms with E-state index in [9.17, 15) is 14.4 Å². The van der Waals surface area contributed by atoms with Gasteiger partial charge in [0.15, 0.2) is 0 Å². The van der Waals surface area contributed by atoms with Crippen LogP contribution < -0.4 is 16.6 Å². The molecule has 0 atom stereocenters. The molecule has 2 aromatic carbocycles. The van der Waals surface area contributed by atoms with E-state index >= 15 is 0 Å². The zero-order valence-electron chi connectivity index (χ0n) is 19.2. The molecule has 0 aliphatic carbocycles. The van der Waals surface area contributed by atoms with Gasteiger partial charge in [0.25, 0.3) is 11.5 Å². The van der Waals surface area contributed by atoms with Gasteiger partial charge in [-0.05, 0) is 67.7 Å². The van der Waals surface area contributed by atoms with Crippen molar-refractivity contribution in [2.24, 2.45) is 11.7 Å². The van der Waals surface area contributed by atoms with E-state index in [0.29, 0.717) is 12.2 Å². The number of pyridine rings is 1. The van der Waals surface area contributed by atoms with E-state index in [1.54, 1.807) is 22.9 Å². The van der Waals surface area contributed by atoms with Crippen molar-refractivity contribution in [3.05, 3.63) is 100.0 Å². The second-order valence-corrected chi connectivity index (χ2v) is 8.76. The van der Waals surface area contributed by atoms with Gasteiger partial charge in [-0.1, -0.05) is 42.5 Å². The van der Waals surface area contributed by atoms with Crippen molar-refractivity contribution >= 4 is 17.5 Å². The number of aromatic nitrogens is 1. The molecule has 1 fully saturated rings. The quantitative estimate of drug-likeness (QED) is 0.542. The van der Waals surface area contributed by atoms with E-state index < -0.39 is 5.91 Å². The largest absolute Gasteiger partial charge is 0.369 e. The van der Waals surface area contributed by atoms with Crippen LogP contribution in [-0.4, -0.2) is 40.9 Å². The zero-order chi connectivity index (χ0) is 23.9. The van der Waals surface area contributed by atoms with E-state index in [4.69, 9.17) is 5.73 Å². The molecule has 1 aliphatic rings. The first-order valence-electron chi connectivity index (χ1n) is 11.6. The Bertz CT molecular complexity index is 1180. The van der Waals surface area contributed by atoms with Gasteiger partial charge in [0.1, 0.15) is 5.56 Å². The fourth-order valence-electron chi connectivity index (χ4n) is 4.30. The number of anilines is 1. The van der Waals surface area contributed by atoms with Crippen LogP contribution in [0.15, 0.2) is 77.7 Å². The predicted molar refractivity (Wildman–Crippen MR) is 133 cm³/mol. The lowest BCUT2D eigenvalue weighted by molar-refractivity contribution is -0.123. The highest BCUT2D eigenvalue weighted by molar-refractivity contribution is 6.03. The van der Waals surface area contributed by atoms with Crippen LogP contribution in [0.3, 0.4) is 0 Å². The number of likely N-dealkylation sites (tertiary alicyclic amines) is 1. The molecule has 3 N–H and O–H groups in total. The van der Waals surface area contributed by atoms with Crippen molar-refractivity contribution in [3.63, 3.8) is 0 Å². The van der Waals surface area contributed by atoms with E-state index in [1.807, 2.05) is 54.6 Å². The molecule has 1 aliphatic heterocycles. The van der Waals surface area contributed by atoms with Crippen LogP contribution in [0.1, 0.15) is 34.3 Å². The van der Waals surface area contributed by atoms with Crippen LogP contribution in [0, 0.1) is 5.92 Å².